The molecule has 8 nitrogen and oxygen atoms in total. The molecule has 0 aliphatic carbocycles. The zero-order valence-corrected chi connectivity index (χ0v) is 18.0. The maximum absolute atomic E-state index is 13.2. The van der Waals surface area contributed by atoms with Crippen LogP contribution in [0.25, 0.3) is 5.69 Å². The van der Waals surface area contributed by atoms with E-state index in [0.29, 0.717) is 23.6 Å². The van der Waals surface area contributed by atoms with Crippen molar-refractivity contribution in [3.05, 3.63) is 76.3 Å². The van der Waals surface area contributed by atoms with Gasteiger partial charge >= 0.3 is 0 Å². The van der Waals surface area contributed by atoms with Gasteiger partial charge in [-0.2, -0.15) is 4.68 Å². The van der Waals surface area contributed by atoms with Crippen molar-refractivity contribution in [1.29, 1.82) is 0 Å². The molecule has 0 saturated carbocycles. The minimum Gasteiger partial charge on any atom is -0.497 e. The number of hydrogen-bond donors (Lipinski definition) is 1. The van der Waals surface area contributed by atoms with Gasteiger partial charge in [0.15, 0.2) is 6.10 Å². The van der Waals surface area contributed by atoms with Crippen LogP contribution in [0.4, 0.5) is 4.39 Å². The number of nitrogens with zero attached hydrogens (tertiary/aromatic N) is 2. The van der Waals surface area contributed by atoms with E-state index < -0.39 is 17.5 Å². The third kappa shape index (κ3) is 5.42. The number of nitrogens with one attached hydrogen (secondary N) is 1. The summed E-state index contributed by atoms with van der Waals surface area (Å²) >= 11 is 0. The Bertz CT molecular complexity index is 1130. The van der Waals surface area contributed by atoms with E-state index in [9.17, 15) is 14.0 Å². The van der Waals surface area contributed by atoms with Crippen LogP contribution in [0.1, 0.15) is 18.9 Å². The molecule has 1 aromatic heterocycles. The van der Waals surface area contributed by atoms with Gasteiger partial charge in [-0.1, -0.05) is 6.92 Å². The monoisotopic (exact) mass is 441 g/mol. The number of hydrogen-bond acceptors (Lipinski definition) is 6. The minimum atomic E-state index is -0.828. The molecule has 0 fully saturated rings. The maximum atomic E-state index is 13.2. The van der Waals surface area contributed by atoms with E-state index in [1.807, 2.05) is 0 Å². The SMILES string of the molecule is CC[C@@H](Oc1ccc(=O)n(-c2ccc(F)cc2)n1)C(=O)NCc1ccc(OC)cc1OC. The summed E-state index contributed by atoms with van der Waals surface area (Å²) in [6, 6.07) is 13.3. The van der Waals surface area contributed by atoms with Gasteiger partial charge in [0.25, 0.3) is 11.5 Å². The Balaban J connectivity index is 1.71. The van der Waals surface area contributed by atoms with E-state index >= 15 is 0 Å². The number of methoxy groups -OCH3 is 2. The third-order valence-electron chi connectivity index (χ3n) is 4.72. The fraction of sp³-hybridized carbons (Fsp3) is 0.261. The van der Waals surface area contributed by atoms with Gasteiger partial charge < -0.3 is 19.5 Å². The van der Waals surface area contributed by atoms with Gasteiger partial charge in [-0.25, -0.2) is 4.39 Å². The summed E-state index contributed by atoms with van der Waals surface area (Å²) in [6.07, 6.45) is -0.450. The van der Waals surface area contributed by atoms with E-state index in [1.54, 1.807) is 39.3 Å². The topological polar surface area (TPSA) is 91.7 Å². The number of ether oxygens (including phenoxy) is 3. The van der Waals surface area contributed by atoms with Crippen molar-refractivity contribution < 1.29 is 23.4 Å². The molecule has 1 amide bonds. The Morgan fingerprint density at radius 2 is 1.84 bits per heavy atom. The van der Waals surface area contributed by atoms with E-state index in [0.717, 1.165) is 10.2 Å². The van der Waals surface area contributed by atoms with Crippen LogP contribution < -0.4 is 25.1 Å². The summed E-state index contributed by atoms with van der Waals surface area (Å²) in [5.74, 6) is 0.566. The molecule has 1 N–H and O–H groups in total. The molecule has 2 aromatic carbocycles. The molecule has 9 heteroatoms. The number of carbonyl (C=O) groups excluding carboxylic acids is 1. The van der Waals surface area contributed by atoms with Crippen molar-refractivity contribution in [2.24, 2.45) is 0 Å². The zero-order chi connectivity index (χ0) is 23.1. The van der Waals surface area contributed by atoms with Crippen molar-refractivity contribution in [1.82, 2.24) is 15.1 Å². The van der Waals surface area contributed by atoms with Crippen LogP contribution in [0.2, 0.25) is 0 Å². The highest BCUT2D eigenvalue weighted by Crippen LogP contribution is 2.24. The molecule has 0 bridgehead atoms. The summed E-state index contributed by atoms with van der Waals surface area (Å²) in [6.45, 7) is 2.03. The van der Waals surface area contributed by atoms with Crippen LogP contribution in [0.5, 0.6) is 17.4 Å². The van der Waals surface area contributed by atoms with Gasteiger partial charge in [0.05, 0.1) is 19.9 Å². The first kappa shape index (κ1) is 22.8. The molecule has 0 spiro atoms. The molecular weight excluding hydrogens is 417 g/mol. The van der Waals surface area contributed by atoms with Crippen molar-refractivity contribution >= 4 is 5.91 Å². The average Bonchev–Trinajstić information content (AvgIpc) is 2.82. The fourth-order valence-electron chi connectivity index (χ4n) is 2.99. The molecule has 0 aliphatic rings. The first-order chi connectivity index (χ1) is 15.4. The molecule has 3 aromatic rings. The number of carbonyl (C=O) groups is 1. The van der Waals surface area contributed by atoms with Gasteiger partial charge in [-0.3, -0.25) is 9.59 Å². The summed E-state index contributed by atoms with van der Waals surface area (Å²) in [7, 11) is 3.10. The molecule has 32 heavy (non-hydrogen) atoms. The third-order valence-corrected chi connectivity index (χ3v) is 4.72. The second-order valence-corrected chi connectivity index (χ2v) is 6.81. The number of halogens is 1. The van der Waals surface area contributed by atoms with E-state index in [4.69, 9.17) is 14.2 Å². The highest BCUT2D eigenvalue weighted by molar-refractivity contribution is 5.81. The first-order valence-electron chi connectivity index (χ1n) is 9.96. The Labute approximate surface area is 184 Å². The molecule has 0 unspecified atom stereocenters. The second kappa shape index (κ2) is 10.4. The Morgan fingerprint density at radius 1 is 1.09 bits per heavy atom. The predicted octanol–water partition coefficient (Wildman–Crippen LogP) is 2.86. The van der Waals surface area contributed by atoms with Crippen molar-refractivity contribution in [2.45, 2.75) is 26.0 Å². The van der Waals surface area contributed by atoms with Crippen LogP contribution in [0.3, 0.4) is 0 Å². The normalized spacial score (nSPS) is 11.5. The lowest BCUT2D eigenvalue weighted by molar-refractivity contribution is -0.128. The van der Waals surface area contributed by atoms with Crippen molar-refractivity contribution in [3.63, 3.8) is 0 Å². The molecule has 1 atom stereocenters. The molecule has 168 valence electrons. The molecule has 1 heterocycles. The van der Waals surface area contributed by atoms with Gasteiger partial charge in [0, 0.05) is 30.3 Å². The lowest BCUT2D eigenvalue weighted by Crippen LogP contribution is -2.38. The highest BCUT2D eigenvalue weighted by Gasteiger charge is 2.20. The van der Waals surface area contributed by atoms with Gasteiger partial charge in [0.2, 0.25) is 5.88 Å². The fourth-order valence-corrected chi connectivity index (χ4v) is 2.99. The van der Waals surface area contributed by atoms with Gasteiger partial charge in [-0.15, -0.1) is 5.10 Å². The zero-order valence-electron chi connectivity index (χ0n) is 18.0. The van der Waals surface area contributed by atoms with Crippen molar-refractivity contribution in [3.8, 4) is 23.1 Å². The van der Waals surface area contributed by atoms with Crippen LogP contribution in [0.15, 0.2) is 59.4 Å². The Kier molecular flexibility index (Phi) is 7.43. The smallest absolute Gasteiger partial charge is 0.271 e. The summed E-state index contributed by atoms with van der Waals surface area (Å²) in [4.78, 5) is 24.9. The Hall–Kier alpha value is -3.88. The maximum Gasteiger partial charge on any atom is 0.271 e. The molecule has 0 saturated heterocycles. The lowest BCUT2D eigenvalue weighted by atomic mass is 10.1. The van der Waals surface area contributed by atoms with E-state index in [-0.39, 0.29) is 18.3 Å². The predicted molar refractivity (Wildman–Crippen MR) is 116 cm³/mol. The van der Waals surface area contributed by atoms with Crippen LogP contribution in [-0.2, 0) is 11.3 Å². The number of rotatable bonds is 9. The Morgan fingerprint density at radius 3 is 2.50 bits per heavy atom. The standard InChI is InChI=1S/C23H24FN3O5/c1-4-19(23(29)25-14-15-5-10-18(30-2)13-20(15)31-3)32-21-11-12-22(28)27(26-21)17-8-6-16(24)7-9-17/h5-13,19H,4,14H2,1-3H3,(H,25,29)/t19-/m1/s1. The first-order valence-corrected chi connectivity index (χ1v) is 9.96. The highest BCUT2D eigenvalue weighted by atomic mass is 19.1. The van der Waals surface area contributed by atoms with Crippen molar-refractivity contribution in [2.75, 3.05) is 14.2 Å². The second-order valence-electron chi connectivity index (χ2n) is 6.81. The van der Waals surface area contributed by atoms with Crippen LogP contribution in [-0.4, -0.2) is 36.0 Å². The minimum absolute atomic E-state index is 0.0953. The van der Waals surface area contributed by atoms with E-state index in [1.165, 1.54) is 36.4 Å². The van der Waals surface area contributed by atoms with Gasteiger partial charge in [-0.05, 0) is 42.8 Å². The number of aromatic nitrogens is 2. The van der Waals surface area contributed by atoms with Crippen LogP contribution >= 0.6 is 0 Å². The van der Waals surface area contributed by atoms with E-state index in [2.05, 4.69) is 10.4 Å². The molecule has 0 aliphatic heterocycles. The number of amides is 1. The molecular formula is C23H24FN3O5. The van der Waals surface area contributed by atoms with Gasteiger partial charge in [0.1, 0.15) is 17.3 Å². The van der Waals surface area contributed by atoms with Crippen LogP contribution in [0, 0.1) is 5.82 Å². The average molecular weight is 441 g/mol. The molecule has 0 radical (unpaired) electrons. The lowest BCUT2D eigenvalue weighted by Gasteiger charge is -2.18. The summed E-state index contributed by atoms with van der Waals surface area (Å²) < 4.78 is 30.5. The summed E-state index contributed by atoms with van der Waals surface area (Å²) in [5.41, 5.74) is 0.749. The number of benzene rings is 2. The quantitative estimate of drug-likeness (QED) is 0.549. The largest absolute Gasteiger partial charge is 0.497 e. The molecule has 3 rings (SSSR count). The summed E-state index contributed by atoms with van der Waals surface area (Å²) in [5, 5.41) is 6.98.